The molecule has 0 aliphatic heterocycles. The first-order valence-corrected chi connectivity index (χ1v) is 7.02. The lowest BCUT2D eigenvalue weighted by Gasteiger charge is -2.12. The maximum absolute atomic E-state index is 11.8. The molecule has 0 saturated carbocycles. The van der Waals surface area contributed by atoms with Crippen LogP contribution in [0.1, 0.15) is 5.69 Å². The minimum atomic E-state index is -0.351. The number of nitrogens with zero attached hydrogens (tertiary/aromatic N) is 2. The molecule has 0 aliphatic carbocycles. The zero-order valence-electron chi connectivity index (χ0n) is 11.0. The van der Waals surface area contributed by atoms with Crippen molar-refractivity contribution >= 4 is 33.2 Å². The van der Waals surface area contributed by atoms with E-state index in [-0.39, 0.29) is 11.2 Å². The fourth-order valence-electron chi connectivity index (χ4n) is 1.77. The molecule has 0 fully saturated rings. The van der Waals surface area contributed by atoms with Crippen molar-refractivity contribution in [1.29, 1.82) is 0 Å². The van der Waals surface area contributed by atoms with E-state index in [1.165, 1.54) is 17.7 Å². The predicted octanol–water partition coefficient (Wildman–Crippen LogP) is 2.11. The standard InChI is InChI=1S/C13H13BrClN3O2/c1-17-9(6-12(19)18(2)13(17)20)7-16-11-4-3-8(14)5-10(11)15/h3-6,16H,7H2,1-2H3. The van der Waals surface area contributed by atoms with Crippen LogP contribution in [0.4, 0.5) is 5.69 Å². The Balaban J connectivity index is 2.28. The highest BCUT2D eigenvalue weighted by molar-refractivity contribution is 9.10. The van der Waals surface area contributed by atoms with E-state index in [1.54, 1.807) is 13.1 Å². The van der Waals surface area contributed by atoms with Crippen LogP contribution in [0.5, 0.6) is 0 Å². The van der Waals surface area contributed by atoms with Crippen LogP contribution in [0.3, 0.4) is 0 Å². The molecular weight excluding hydrogens is 346 g/mol. The average molecular weight is 359 g/mol. The molecule has 0 bridgehead atoms. The van der Waals surface area contributed by atoms with Crippen LogP contribution in [-0.2, 0) is 20.6 Å². The van der Waals surface area contributed by atoms with Gasteiger partial charge in [-0.1, -0.05) is 27.5 Å². The second kappa shape index (κ2) is 5.85. The Morgan fingerprint density at radius 2 is 1.90 bits per heavy atom. The molecule has 0 radical (unpaired) electrons. The molecule has 0 amide bonds. The molecule has 5 nitrogen and oxygen atoms in total. The van der Waals surface area contributed by atoms with Gasteiger partial charge in [0.05, 0.1) is 17.3 Å². The molecule has 0 atom stereocenters. The van der Waals surface area contributed by atoms with E-state index < -0.39 is 0 Å². The Morgan fingerprint density at radius 3 is 2.55 bits per heavy atom. The van der Waals surface area contributed by atoms with Crippen LogP contribution in [0.2, 0.25) is 5.02 Å². The van der Waals surface area contributed by atoms with Crippen LogP contribution in [0.15, 0.2) is 38.3 Å². The minimum absolute atomic E-state index is 0.327. The lowest BCUT2D eigenvalue weighted by atomic mass is 10.3. The molecule has 1 aromatic carbocycles. The molecule has 1 N–H and O–H groups in total. The number of anilines is 1. The summed E-state index contributed by atoms with van der Waals surface area (Å²) in [6.45, 7) is 0.336. The molecule has 0 aliphatic rings. The van der Waals surface area contributed by atoms with Crippen molar-refractivity contribution in [1.82, 2.24) is 9.13 Å². The molecule has 2 rings (SSSR count). The fourth-order valence-corrected chi connectivity index (χ4v) is 2.51. The van der Waals surface area contributed by atoms with E-state index in [1.807, 2.05) is 12.1 Å². The Morgan fingerprint density at radius 1 is 1.20 bits per heavy atom. The molecule has 0 spiro atoms. The molecule has 106 valence electrons. The van der Waals surface area contributed by atoms with Crippen molar-refractivity contribution in [2.45, 2.75) is 6.54 Å². The van der Waals surface area contributed by atoms with Crippen molar-refractivity contribution in [3.05, 3.63) is 60.3 Å². The smallest absolute Gasteiger partial charge is 0.330 e. The maximum Gasteiger partial charge on any atom is 0.330 e. The Kier molecular flexibility index (Phi) is 4.35. The third kappa shape index (κ3) is 2.96. The van der Waals surface area contributed by atoms with Gasteiger partial charge in [-0.15, -0.1) is 0 Å². The number of benzene rings is 1. The van der Waals surface area contributed by atoms with E-state index in [0.717, 1.165) is 14.7 Å². The fraction of sp³-hybridized carbons (Fsp3) is 0.231. The molecular formula is C13H13BrClN3O2. The van der Waals surface area contributed by atoms with Gasteiger partial charge in [0.1, 0.15) is 0 Å². The molecule has 20 heavy (non-hydrogen) atoms. The summed E-state index contributed by atoms with van der Waals surface area (Å²) in [7, 11) is 3.08. The lowest BCUT2D eigenvalue weighted by molar-refractivity contribution is 0.655. The number of halogens is 2. The number of aromatic nitrogens is 2. The highest BCUT2D eigenvalue weighted by Crippen LogP contribution is 2.25. The monoisotopic (exact) mass is 357 g/mol. The van der Waals surface area contributed by atoms with Gasteiger partial charge in [-0.2, -0.15) is 0 Å². The lowest BCUT2D eigenvalue weighted by Crippen LogP contribution is -2.38. The topological polar surface area (TPSA) is 56.0 Å². The molecule has 7 heteroatoms. The van der Waals surface area contributed by atoms with Crippen molar-refractivity contribution < 1.29 is 0 Å². The molecule has 1 heterocycles. The van der Waals surface area contributed by atoms with Crippen LogP contribution >= 0.6 is 27.5 Å². The zero-order chi connectivity index (χ0) is 14.9. The summed E-state index contributed by atoms with van der Waals surface area (Å²) >= 11 is 9.43. The van der Waals surface area contributed by atoms with Crippen molar-refractivity contribution in [3.8, 4) is 0 Å². The van der Waals surface area contributed by atoms with Gasteiger partial charge in [0.25, 0.3) is 5.56 Å². The van der Waals surface area contributed by atoms with E-state index in [0.29, 0.717) is 17.3 Å². The third-order valence-electron chi connectivity index (χ3n) is 3.02. The molecule has 2 aromatic rings. The zero-order valence-corrected chi connectivity index (χ0v) is 13.3. The number of hydrogen-bond acceptors (Lipinski definition) is 3. The van der Waals surface area contributed by atoms with Crippen molar-refractivity contribution in [2.75, 3.05) is 5.32 Å². The van der Waals surface area contributed by atoms with Crippen LogP contribution in [0.25, 0.3) is 0 Å². The summed E-state index contributed by atoms with van der Waals surface area (Å²) in [6.07, 6.45) is 0. The van der Waals surface area contributed by atoms with E-state index >= 15 is 0 Å². The van der Waals surface area contributed by atoms with Gasteiger partial charge in [-0.3, -0.25) is 13.9 Å². The normalized spacial score (nSPS) is 10.6. The quantitative estimate of drug-likeness (QED) is 0.914. The Hall–Kier alpha value is -1.53. The second-order valence-corrected chi connectivity index (χ2v) is 5.68. The van der Waals surface area contributed by atoms with Crippen LogP contribution in [-0.4, -0.2) is 9.13 Å². The summed E-state index contributed by atoms with van der Waals surface area (Å²) in [5.74, 6) is 0. The van der Waals surface area contributed by atoms with Gasteiger partial charge in [0.2, 0.25) is 0 Å². The van der Waals surface area contributed by atoms with E-state index in [4.69, 9.17) is 11.6 Å². The highest BCUT2D eigenvalue weighted by atomic mass is 79.9. The van der Waals surface area contributed by atoms with Gasteiger partial charge >= 0.3 is 5.69 Å². The van der Waals surface area contributed by atoms with Crippen molar-refractivity contribution in [2.24, 2.45) is 14.1 Å². The summed E-state index contributed by atoms with van der Waals surface area (Å²) in [6, 6.07) is 6.89. The maximum atomic E-state index is 11.8. The van der Waals surface area contributed by atoms with Gasteiger partial charge in [-0.25, -0.2) is 4.79 Å². The Labute approximate surface area is 128 Å². The van der Waals surface area contributed by atoms with Crippen molar-refractivity contribution in [3.63, 3.8) is 0 Å². The second-order valence-electron chi connectivity index (χ2n) is 4.35. The first kappa shape index (κ1) is 14.9. The SMILES string of the molecule is Cn1c(CNc2ccc(Br)cc2Cl)cc(=O)n(C)c1=O. The number of nitrogens with one attached hydrogen (secondary N) is 1. The summed E-state index contributed by atoms with van der Waals surface area (Å²) in [5.41, 5.74) is 0.656. The Bertz CT molecular complexity index is 767. The highest BCUT2D eigenvalue weighted by Gasteiger charge is 2.07. The average Bonchev–Trinajstić information content (AvgIpc) is 2.40. The molecule has 0 saturated heterocycles. The number of rotatable bonds is 3. The van der Waals surface area contributed by atoms with E-state index in [9.17, 15) is 9.59 Å². The van der Waals surface area contributed by atoms with E-state index in [2.05, 4.69) is 21.2 Å². The predicted molar refractivity (Wildman–Crippen MR) is 83.4 cm³/mol. The largest absolute Gasteiger partial charge is 0.378 e. The third-order valence-corrected chi connectivity index (χ3v) is 3.82. The van der Waals surface area contributed by atoms with Gasteiger partial charge < -0.3 is 5.32 Å². The minimum Gasteiger partial charge on any atom is -0.378 e. The first-order valence-electron chi connectivity index (χ1n) is 5.85. The molecule has 1 aromatic heterocycles. The summed E-state index contributed by atoms with van der Waals surface area (Å²) in [5, 5.41) is 3.67. The van der Waals surface area contributed by atoms with Gasteiger partial charge in [-0.05, 0) is 18.2 Å². The number of hydrogen-bond donors (Lipinski definition) is 1. The van der Waals surface area contributed by atoms with Gasteiger partial charge in [0, 0.05) is 30.3 Å². The summed E-state index contributed by atoms with van der Waals surface area (Å²) in [4.78, 5) is 23.4. The van der Waals surface area contributed by atoms with Crippen LogP contribution in [0, 0.1) is 0 Å². The van der Waals surface area contributed by atoms with Crippen LogP contribution < -0.4 is 16.6 Å². The summed E-state index contributed by atoms with van der Waals surface area (Å²) < 4.78 is 3.38. The first-order chi connectivity index (χ1) is 9.40. The van der Waals surface area contributed by atoms with Gasteiger partial charge in [0.15, 0.2) is 0 Å². The molecule has 0 unspecified atom stereocenters.